The predicted octanol–water partition coefficient (Wildman–Crippen LogP) is 2.29. The van der Waals surface area contributed by atoms with Crippen molar-refractivity contribution in [1.29, 1.82) is 10.5 Å². The van der Waals surface area contributed by atoms with E-state index < -0.39 is 0 Å². The molecule has 0 saturated heterocycles. The number of hydrogen-bond donors (Lipinski definition) is 0. The van der Waals surface area contributed by atoms with Crippen molar-refractivity contribution in [3.8, 4) is 23.4 Å². The van der Waals surface area contributed by atoms with Crippen LogP contribution in [0.15, 0.2) is 36.4 Å². The molecule has 16 heavy (non-hydrogen) atoms. The van der Waals surface area contributed by atoms with E-state index in [1.54, 1.807) is 24.3 Å². The van der Waals surface area contributed by atoms with Crippen LogP contribution in [-0.2, 0) is 0 Å². The molecule has 0 spiro atoms. The molecule has 0 unspecified atom stereocenters. The number of rotatable bonds is 1. The maximum Gasteiger partial charge on any atom is 0.101 e. The van der Waals surface area contributed by atoms with Crippen LogP contribution in [0.1, 0.15) is 11.1 Å². The fourth-order valence-electron chi connectivity index (χ4n) is 1.38. The van der Waals surface area contributed by atoms with E-state index in [1.807, 2.05) is 24.3 Å². The highest BCUT2D eigenvalue weighted by molar-refractivity contribution is 5.64. The zero-order chi connectivity index (χ0) is 11.4. The van der Waals surface area contributed by atoms with Crippen molar-refractivity contribution in [1.82, 2.24) is 4.98 Å². The van der Waals surface area contributed by atoms with E-state index in [1.165, 1.54) is 0 Å². The Hall–Kier alpha value is -2.65. The normalized spacial score (nSPS) is 9.12. The number of aromatic nitrogens is 1. The van der Waals surface area contributed by atoms with Gasteiger partial charge in [0.2, 0.25) is 0 Å². The third kappa shape index (κ3) is 1.75. The van der Waals surface area contributed by atoms with Gasteiger partial charge in [-0.2, -0.15) is 10.5 Å². The molecule has 1 heterocycles. The zero-order valence-corrected chi connectivity index (χ0v) is 8.31. The van der Waals surface area contributed by atoms with Gasteiger partial charge in [-0.05, 0) is 24.3 Å². The van der Waals surface area contributed by atoms with Gasteiger partial charge in [-0.1, -0.05) is 12.1 Å². The summed E-state index contributed by atoms with van der Waals surface area (Å²) in [5.41, 5.74) is 2.30. The Kier molecular flexibility index (Phi) is 2.63. The van der Waals surface area contributed by atoms with Crippen molar-refractivity contribution in [2.45, 2.75) is 0 Å². The molecular weight excluding hydrogens is 198 g/mol. The van der Waals surface area contributed by atoms with E-state index in [2.05, 4.69) is 11.2 Å². The van der Waals surface area contributed by atoms with E-state index in [0.29, 0.717) is 11.1 Å². The first-order valence-electron chi connectivity index (χ1n) is 4.63. The van der Waals surface area contributed by atoms with Gasteiger partial charge in [0.1, 0.15) is 12.1 Å². The molecule has 0 aliphatic carbocycles. The zero-order valence-electron chi connectivity index (χ0n) is 8.31. The van der Waals surface area contributed by atoms with Gasteiger partial charge in [-0.25, -0.2) is 4.98 Å². The van der Waals surface area contributed by atoms with Gasteiger partial charge in [0.15, 0.2) is 0 Å². The van der Waals surface area contributed by atoms with Crippen LogP contribution in [0, 0.1) is 28.9 Å². The Morgan fingerprint density at radius 1 is 1.06 bits per heavy atom. The summed E-state index contributed by atoms with van der Waals surface area (Å²) in [6.45, 7) is 0. The smallest absolute Gasteiger partial charge is 0.101 e. The average Bonchev–Trinajstić information content (AvgIpc) is 2.39. The second kappa shape index (κ2) is 4.25. The lowest BCUT2D eigenvalue weighted by Crippen LogP contribution is -1.87. The summed E-state index contributed by atoms with van der Waals surface area (Å²) in [5, 5.41) is 17.7. The molecule has 0 aliphatic heterocycles. The highest BCUT2D eigenvalue weighted by Gasteiger charge is 2.04. The van der Waals surface area contributed by atoms with Gasteiger partial charge < -0.3 is 0 Å². The number of benzene rings is 1. The first kappa shape index (κ1) is 9.89. The highest BCUT2D eigenvalue weighted by Crippen LogP contribution is 2.19. The minimum absolute atomic E-state index is 0.366. The van der Waals surface area contributed by atoms with Crippen molar-refractivity contribution in [2.75, 3.05) is 0 Å². The average molecular weight is 204 g/mol. The van der Waals surface area contributed by atoms with E-state index in [4.69, 9.17) is 10.5 Å². The van der Waals surface area contributed by atoms with Crippen LogP contribution < -0.4 is 0 Å². The lowest BCUT2D eigenvalue weighted by Gasteiger charge is -2.01. The molecule has 1 radical (unpaired) electrons. The van der Waals surface area contributed by atoms with E-state index in [-0.39, 0.29) is 0 Å². The summed E-state index contributed by atoms with van der Waals surface area (Å²) in [6, 6.07) is 14.4. The van der Waals surface area contributed by atoms with Crippen molar-refractivity contribution in [3.63, 3.8) is 0 Å². The van der Waals surface area contributed by atoms with Crippen LogP contribution in [0.2, 0.25) is 0 Å². The van der Waals surface area contributed by atoms with Crippen LogP contribution in [0.3, 0.4) is 0 Å². The highest BCUT2D eigenvalue weighted by atomic mass is 14.7. The third-order valence-electron chi connectivity index (χ3n) is 2.17. The minimum Gasteiger partial charge on any atom is -0.246 e. The van der Waals surface area contributed by atoms with Gasteiger partial charge in [-0.3, -0.25) is 0 Å². The number of hydrogen-bond acceptors (Lipinski definition) is 3. The molecule has 0 bridgehead atoms. The minimum atomic E-state index is 0.366. The monoisotopic (exact) mass is 204 g/mol. The summed E-state index contributed by atoms with van der Waals surface area (Å²) < 4.78 is 0. The van der Waals surface area contributed by atoms with Crippen LogP contribution >= 0.6 is 0 Å². The number of nitriles is 2. The van der Waals surface area contributed by atoms with Crippen molar-refractivity contribution in [3.05, 3.63) is 53.7 Å². The molecule has 2 rings (SSSR count). The molecule has 0 fully saturated rings. The van der Waals surface area contributed by atoms with E-state index in [9.17, 15) is 0 Å². The summed E-state index contributed by atoms with van der Waals surface area (Å²) in [6.07, 6.45) is 2.73. The molecule has 0 saturated carbocycles. The maximum absolute atomic E-state index is 8.89. The summed E-state index contributed by atoms with van der Waals surface area (Å²) >= 11 is 0. The molecule has 0 atom stereocenters. The summed E-state index contributed by atoms with van der Waals surface area (Å²) in [4.78, 5) is 4.06. The Labute approximate surface area is 93.2 Å². The largest absolute Gasteiger partial charge is 0.246 e. The molecular formula is C13H6N3. The van der Waals surface area contributed by atoms with Gasteiger partial charge in [0.05, 0.1) is 23.0 Å². The molecule has 0 aliphatic rings. The fraction of sp³-hybridized carbons (Fsp3) is 0. The molecule has 73 valence electrons. The second-order valence-electron chi connectivity index (χ2n) is 3.14. The Bertz CT molecular complexity index is 589. The van der Waals surface area contributed by atoms with Crippen LogP contribution in [0.4, 0.5) is 0 Å². The molecule has 3 nitrogen and oxygen atoms in total. The molecule has 0 N–H and O–H groups in total. The molecule has 3 heteroatoms. The van der Waals surface area contributed by atoms with Crippen molar-refractivity contribution in [2.24, 2.45) is 0 Å². The first-order chi connectivity index (χ1) is 7.85. The SMILES string of the molecule is N#Cc1ccc(-c2ccc[c]n2)cc1C#N. The molecule has 1 aromatic heterocycles. The standard InChI is InChI=1S/C13H6N3/c14-8-11-5-4-10(7-12(11)9-15)13-3-1-2-6-16-13/h1-5,7H. The van der Waals surface area contributed by atoms with Crippen LogP contribution in [0.5, 0.6) is 0 Å². The number of nitrogens with zero attached hydrogens (tertiary/aromatic N) is 3. The van der Waals surface area contributed by atoms with Gasteiger partial charge in [0.25, 0.3) is 0 Å². The maximum atomic E-state index is 8.89. The van der Waals surface area contributed by atoms with Crippen LogP contribution in [0.25, 0.3) is 11.3 Å². The Balaban J connectivity index is 2.55. The van der Waals surface area contributed by atoms with Gasteiger partial charge in [-0.15, -0.1) is 0 Å². The number of pyridine rings is 1. The van der Waals surface area contributed by atoms with Gasteiger partial charge in [0, 0.05) is 5.56 Å². The Morgan fingerprint density at radius 2 is 1.88 bits per heavy atom. The van der Waals surface area contributed by atoms with Crippen molar-refractivity contribution < 1.29 is 0 Å². The molecule has 1 aromatic carbocycles. The second-order valence-corrected chi connectivity index (χ2v) is 3.14. The predicted molar refractivity (Wildman–Crippen MR) is 57.9 cm³/mol. The Morgan fingerprint density at radius 3 is 2.50 bits per heavy atom. The third-order valence-corrected chi connectivity index (χ3v) is 2.17. The van der Waals surface area contributed by atoms with E-state index >= 15 is 0 Å². The first-order valence-corrected chi connectivity index (χ1v) is 4.63. The summed E-state index contributed by atoms with van der Waals surface area (Å²) in [7, 11) is 0. The quantitative estimate of drug-likeness (QED) is 0.716. The summed E-state index contributed by atoms with van der Waals surface area (Å²) in [5.74, 6) is 0. The van der Waals surface area contributed by atoms with Crippen molar-refractivity contribution >= 4 is 0 Å². The van der Waals surface area contributed by atoms with Gasteiger partial charge >= 0.3 is 0 Å². The van der Waals surface area contributed by atoms with Crippen LogP contribution in [-0.4, -0.2) is 4.98 Å². The lowest BCUT2D eigenvalue weighted by atomic mass is 10.0. The topological polar surface area (TPSA) is 60.5 Å². The van der Waals surface area contributed by atoms with E-state index in [0.717, 1.165) is 11.3 Å². The fourth-order valence-corrected chi connectivity index (χ4v) is 1.38. The molecule has 0 amide bonds. The lowest BCUT2D eigenvalue weighted by molar-refractivity contribution is 1.31. The molecule has 2 aromatic rings.